The van der Waals surface area contributed by atoms with Crippen LogP contribution in [0.25, 0.3) is 0 Å². The molecule has 90 valence electrons. The molecule has 16 heavy (non-hydrogen) atoms. The summed E-state index contributed by atoms with van der Waals surface area (Å²) >= 11 is 0. The largest absolute Gasteiger partial charge is 0.254 e. The predicted octanol–water partition coefficient (Wildman–Crippen LogP) is 4.21. The Hall–Kier alpha value is -0.920. The van der Waals surface area contributed by atoms with E-state index in [1.54, 1.807) is 12.1 Å². The molecule has 0 aromatic carbocycles. The van der Waals surface area contributed by atoms with E-state index in [0.29, 0.717) is 5.69 Å². The molecule has 1 heterocycles. The van der Waals surface area contributed by atoms with E-state index in [2.05, 4.69) is 25.8 Å². The van der Waals surface area contributed by atoms with Crippen molar-refractivity contribution in [1.82, 2.24) is 4.98 Å². The number of pyridine rings is 1. The summed E-state index contributed by atoms with van der Waals surface area (Å²) in [6.07, 6.45) is 0.995. The van der Waals surface area contributed by atoms with Crippen LogP contribution >= 0.6 is 0 Å². The normalized spacial score (nSPS) is 12.9. The van der Waals surface area contributed by atoms with E-state index in [9.17, 15) is 4.39 Å². The minimum Gasteiger partial charge on any atom is -0.254 e. The first-order valence-corrected chi connectivity index (χ1v) is 5.86. The Labute approximate surface area is 98.1 Å². The molecule has 0 bridgehead atoms. The Bertz CT molecular complexity index is 375. The van der Waals surface area contributed by atoms with Crippen LogP contribution in [0.2, 0.25) is 0 Å². The summed E-state index contributed by atoms with van der Waals surface area (Å²) in [6, 6.07) is 3.34. The molecule has 0 N–H and O–H groups in total. The first kappa shape index (κ1) is 13.1. The molecule has 0 saturated carbocycles. The number of hydrogen-bond donors (Lipinski definition) is 0. The smallest absolute Gasteiger partial charge is 0.145 e. The fraction of sp³-hybridized carbons (Fsp3) is 0.643. The number of rotatable bonds is 2. The lowest BCUT2D eigenvalue weighted by atomic mass is 9.84. The maximum Gasteiger partial charge on any atom is 0.145 e. The van der Waals surface area contributed by atoms with Crippen molar-refractivity contribution in [1.29, 1.82) is 0 Å². The molecule has 0 saturated heterocycles. The summed E-state index contributed by atoms with van der Waals surface area (Å²) in [5, 5.41) is 0. The second-order valence-corrected chi connectivity index (χ2v) is 6.01. The summed E-state index contributed by atoms with van der Waals surface area (Å²) in [5.41, 5.74) is 1.30. The molecular weight excluding hydrogens is 201 g/mol. The lowest BCUT2D eigenvalue weighted by molar-refractivity contribution is 0.459. The summed E-state index contributed by atoms with van der Waals surface area (Å²) in [6.45, 7) is 12.4. The average Bonchev–Trinajstić information content (AvgIpc) is 2.16. The van der Waals surface area contributed by atoms with E-state index >= 15 is 0 Å². The molecule has 0 radical (unpaired) electrons. The lowest BCUT2D eigenvalue weighted by Crippen LogP contribution is -2.23. The maximum absolute atomic E-state index is 13.7. The van der Waals surface area contributed by atoms with Gasteiger partial charge in [0.1, 0.15) is 5.82 Å². The second kappa shape index (κ2) is 4.15. The van der Waals surface area contributed by atoms with E-state index in [-0.39, 0.29) is 16.6 Å². The Balaban J connectivity index is 3.29. The molecule has 0 amide bonds. The molecule has 0 atom stereocenters. The second-order valence-electron chi connectivity index (χ2n) is 6.01. The molecular formula is C14H22FN. The third-order valence-corrected chi connectivity index (χ3v) is 3.13. The Morgan fingerprint density at radius 2 is 1.69 bits per heavy atom. The van der Waals surface area contributed by atoms with Gasteiger partial charge in [0.05, 0.1) is 5.69 Å². The van der Waals surface area contributed by atoms with Crippen molar-refractivity contribution in [2.45, 2.75) is 58.8 Å². The van der Waals surface area contributed by atoms with Gasteiger partial charge in [0.15, 0.2) is 0 Å². The monoisotopic (exact) mass is 223 g/mol. The molecule has 0 aliphatic heterocycles. The van der Waals surface area contributed by atoms with Gasteiger partial charge in [-0.05, 0) is 18.6 Å². The molecule has 1 rings (SSSR count). The zero-order valence-corrected chi connectivity index (χ0v) is 11.2. The van der Waals surface area contributed by atoms with Gasteiger partial charge in [-0.15, -0.1) is 0 Å². The van der Waals surface area contributed by atoms with Gasteiger partial charge in [-0.25, -0.2) is 4.39 Å². The highest BCUT2D eigenvalue weighted by Gasteiger charge is 2.25. The van der Waals surface area contributed by atoms with Gasteiger partial charge in [0.25, 0.3) is 0 Å². The van der Waals surface area contributed by atoms with Crippen LogP contribution in [-0.2, 0) is 10.8 Å². The number of hydrogen-bond acceptors (Lipinski definition) is 1. The minimum absolute atomic E-state index is 0.00764. The van der Waals surface area contributed by atoms with Crippen LogP contribution in [0, 0.1) is 5.82 Å². The molecule has 1 nitrogen and oxygen atoms in total. The molecule has 1 aromatic rings. The summed E-state index contributed by atoms with van der Waals surface area (Å²) < 4.78 is 13.7. The first-order chi connectivity index (χ1) is 7.18. The van der Waals surface area contributed by atoms with E-state index < -0.39 is 0 Å². The average molecular weight is 223 g/mol. The highest BCUT2D eigenvalue weighted by atomic mass is 19.1. The van der Waals surface area contributed by atoms with E-state index in [0.717, 1.165) is 12.1 Å². The molecule has 0 spiro atoms. The Kier molecular flexibility index (Phi) is 3.41. The van der Waals surface area contributed by atoms with E-state index in [4.69, 9.17) is 0 Å². The van der Waals surface area contributed by atoms with Crippen LogP contribution in [0.4, 0.5) is 4.39 Å². The van der Waals surface area contributed by atoms with Crippen LogP contribution < -0.4 is 0 Å². The summed E-state index contributed by atoms with van der Waals surface area (Å²) in [7, 11) is 0. The number of nitrogens with zero attached hydrogens (tertiary/aromatic N) is 1. The van der Waals surface area contributed by atoms with Crippen LogP contribution in [0.1, 0.15) is 59.4 Å². The highest BCUT2D eigenvalue weighted by Crippen LogP contribution is 2.29. The third-order valence-electron chi connectivity index (χ3n) is 3.13. The quantitative estimate of drug-likeness (QED) is 0.732. The van der Waals surface area contributed by atoms with E-state index in [1.807, 2.05) is 20.8 Å². The SMILES string of the molecule is CCC(C)(C)c1ccc(F)c(C(C)(C)C)n1. The molecule has 1 aromatic heterocycles. The van der Waals surface area contributed by atoms with Gasteiger partial charge >= 0.3 is 0 Å². The Morgan fingerprint density at radius 1 is 1.12 bits per heavy atom. The minimum atomic E-state index is -0.246. The van der Waals surface area contributed by atoms with Crippen molar-refractivity contribution in [3.8, 4) is 0 Å². The predicted molar refractivity (Wildman–Crippen MR) is 66.2 cm³/mol. The fourth-order valence-electron chi connectivity index (χ4n) is 1.53. The number of aromatic nitrogens is 1. The zero-order valence-electron chi connectivity index (χ0n) is 11.2. The van der Waals surface area contributed by atoms with Crippen LogP contribution in [0.5, 0.6) is 0 Å². The first-order valence-electron chi connectivity index (χ1n) is 5.86. The van der Waals surface area contributed by atoms with Gasteiger partial charge in [-0.2, -0.15) is 0 Å². The van der Waals surface area contributed by atoms with Crippen molar-refractivity contribution < 1.29 is 4.39 Å². The van der Waals surface area contributed by atoms with Gasteiger partial charge in [0, 0.05) is 16.5 Å². The Morgan fingerprint density at radius 3 is 2.12 bits per heavy atom. The zero-order chi connectivity index (χ0) is 12.6. The van der Waals surface area contributed by atoms with Crippen molar-refractivity contribution in [2.75, 3.05) is 0 Å². The maximum atomic E-state index is 13.7. The summed E-state index contributed by atoms with van der Waals surface area (Å²) in [4.78, 5) is 4.51. The molecule has 0 aliphatic rings. The topological polar surface area (TPSA) is 12.9 Å². The summed E-state index contributed by atoms with van der Waals surface area (Å²) in [5.74, 6) is -0.205. The fourth-order valence-corrected chi connectivity index (χ4v) is 1.53. The van der Waals surface area contributed by atoms with Crippen molar-refractivity contribution in [3.63, 3.8) is 0 Å². The van der Waals surface area contributed by atoms with Gasteiger partial charge < -0.3 is 0 Å². The molecule has 2 heteroatoms. The van der Waals surface area contributed by atoms with Gasteiger partial charge in [-0.1, -0.05) is 41.5 Å². The standard InChI is InChI=1S/C14H22FN/c1-7-14(5,6)11-9-8-10(15)12(16-11)13(2,3)4/h8-9H,7H2,1-6H3. The highest BCUT2D eigenvalue weighted by molar-refractivity contribution is 5.23. The molecule has 0 unspecified atom stereocenters. The van der Waals surface area contributed by atoms with Crippen molar-refractivity contribution in [2.24, 2.45) is 0 Å². The third kappa shape index (κ3) is 2.60. The molecule has 0 fully saturated rings. The van der Waals surface area contributed by atoms with Gasteiger partial charge in [0.2, 0.25) is 0 Å². The molecule has 0 aliphatic carbocycles. The van der Waals surface area contributed by atoms with Gasteiger partial charge in [-0.3, -0.25) is 4.98 Å². The van der Waals surface area contributed by atoms with Crippen molar-refractivity contribution >= 4 is 0 Å². The van der Waals surface area contributed by atoms with Crippen molar-refractivity contribution in [3.05, 3.63) is 29.3 Å². The van der Waals surface area contributed by atoms with E-state index in [1.165, 1.54) is 0 Å². The van der Waals surface area contributed by atoms with Crippen LogP contribution in [-0.4, -0.2) is 4.98 Å². The van der Waals surface area contributed by atoms with Crippen LogP contribution in [0.3, 0.4) is 0 Å². The lowest BCUT2D eigenvalue weighted by Gasteiger charge is -2.25. The van der Waals surface area contributed by atoms with Crippen LogP contribution in [0.15, 0.2) is 12.1 Å². The number of halogens is 1.